The first-order valence-electron chi connectivity index (χ1n) is 6.38. The van der Waals surface area contributed by atoms with Gasteiger partial charge in [-0.15, -0.1) is 0 Å². The number of hydrogen-bond donors (Lipinski definition) is 1. The summed E-state index contributed by atoms with van der Waals surface area (Å²) >= 11 is 0. The maximum atomic E-state index is 12.5. The second-order valence-electron chi connectivity index (χ2n) is 4.56. The fraction of sp³-hybridized carbons (Fsp3) is 0.200. The molecular formula is C15H18N2O2S. The van der Waals surface area contributed by atoms with Crippen LogP contribution in [0.3, 0.4) is 0 Å². The normalized spacial score (nSPS) is 11.3. The molecule has 20 heavy (non-hydrogen) atoms. The van der Waals surface area contributed by atoms with Crippen molar-refractivity contribution in [2.24, 2.45) is 0 Å². The van der Waals surface area contributed by atoms with Crippen molar-refractivity contribution < 1.29 is 8.42 Å². The van der Waals surface area contributed by atoms with E-state index >= 15 is 0 Å². The highest BCUT2D eigenvalue weighted by molar-refractivity contribution is 7.92. The quantitative estimate of drug-likeness (QED) is 0.880. The average molecular weight is 290 g/mol. The molecule has 0 atom stereocenters. The fourth-order valence-electron chi connectivity index (χ4n) is 1.88. The van der Waals surface area contributed by atoms with Gasteiger partial charge in [-0.25, -0.2) is 8.42 Å². The van der Waals surface area contributed by atoms with Gasteiger partial charge >= 0.3 is 0 Å². The van der Waals surface area contributed by atoms with Crippen molar-refractivity contribution in [3.8, 4) is 0 Å². The lowest BCUT2D eigenvalue weighted by Crippen LogP contribution is -2.26. The van der Waals surface area contributed by atoms with Crippen LogP contribution in [0.2, 0.25) is 0 Å². The van der Waals surface area contributed by atoms with Gasteiger partial charge in [-0.05, 0) is 48.4 Å². The molecule has 0 aliphatic heterocycles. The summed E-state index contributed by atoms with van der Waals surface area (Å²) in [6.07, 6.45) is 0.925. The molecule has 0 radical (unpaired) electrons. The summed E-state index contributed by atoms with van der Waals surface area (Å²) in [6.45, 7) is 2.06. The Hall–Kier alpha value is -2.01. The molecule has 0 amide bonds. The Morgan fingerprint density at radius 3 is 2.05 bits per heavy atom. The van der Waals surface area contributed by atoms with Gasteiger partial charge in [-0.1, -0.05) is 19.1 Å². The zero-order valence-corrected chi connectivity index (χ0v) is 12.4. The van der Waals surface area contributed by atoms with Crippen LogP contribution in [0.25, 0.3) is 0 Å². The van der Waals surface area contributed by atoms with Gasteiger partial charge in [0.05, 0.1) is 10.6 Å². The maximum Gasteiger partial charge on any atom is 0.264 e. The molecule has 4 nitrogen and oxygen atoms in total. The Morgan fingerprint density at radius 2 is 1.55 bits per heavy atom. The molecule has 0 unspecified atom stereocenters. The molecule has 2 aromatic rings. The van der Waals surface area contributed by atoms with Crippen LogP contribution in [0.1, 0.15) is 12.5 Å². The summed E-state index contributed by atoms with van der Waals surface area (Å²) in [7, 11) is -2.00. The number of nitrogens with two attached hydrogens (primary N) is 1. The van der Waals surface area contributed by atoms with E-state index in [9.17, 15) is 8.42 Å². The zero-order valence-electron chi connectivity index (χ0n) is 11.6. The number of benzene rings is 2. The van der Waals surface area contributed by atoms with Crippen molar-refractivity contribution in [1.82, 2.24) is 0 Å². The Labute approximate surface area is 119 Å². The average Bonchev–Trinajstić information content (AvgIpc) is 2.47. The van der Waals surface area contributed by atoms with Crippen LogP contribution in [-0.2, 0) is 16.4 Å². The third kappa shape index (κ3) is 2.77. The summed E-state index contributed by atoms with van der Waals surface area (Å²) in [6, 6.07) is 13.7. The number of anilines is 2. The van der Waals surface area contributed by atoms with Crippen molar-refractivity contribution in [2.45, 2.75) is 18.2 Å². The van der Waals surface area contributed by atoms with Crippen LogP contribution in [0.4, 0.5) is 11.4 Å². The SMILES string of the molecule is CCc1ccc(N(C)S(=O)(=O)c2ccc(N)cc2)cc1. The molecule has 0 heterocycles. The minimum Gasteiger partial charge on any atom is -0.399 e. The number of hydrogen-bond acceptors (Lipinski definition) is 3. The molecule has 0 aliphatic rings. The third-order valence-electron chi connectivity index (χ3n) is 3.25. The Kier molecular flexibility index (Phi) is 3.99. The van der Waals surface area contributed by atoms with Crippen LogP contribution in [0, 0.1) is 0 Å². The van der Waals surface area contributed by atoms with Gasteiger partial charge in [0.25, 0.3) is 10.0 Å². The predicted octanol–water partition coefficient (Wildman–Crippen LogP) is 2.66. The van der Waals surface area contributed by atoms with E-state index in [2.05, 4.69) is 6.92 Å². The van der Waals surface area contributed by atoms with E-state index in [0.29, 0.717) is 11.4 Å². The molecule has 2 aromatic carbocycles. The van der Waals surface area contributed by atoms with E-state index in [1.165, 1.54) is 22.0 Å². The number of nitrogens with zero attached hydrogens (tertiary/aromatic N) is 1. The second kappa shape index (κ2) is 5.54. The summed E-state index contributed by atoms with van der Waals surface area (Å²) in [5, 5.41) is 0. The first-order chi connectivity index (χ1) is 9.45. The molecule has 0 saturated heterocycles. The standard InChI is InChI=1S/C15H18N2O2S/c1-3-12-4-8-14(9-5-12)17(2)20(18,19)15-10-6-13(16)7-11-15/h4-11H,3,16H2,1-2H3. The number of nitrogen functional groups attached to an aromatic ring is 1. The predicted molar refractivity (Wildman–Crippen MR) is 82.3 cm³/mol. The van der Waals surface area contributed by atoms with Crippen molar-refractivity contribution in [2.75, 3.05) is 17.1 Å². The van der Waals surface area contributed by atoms with Crippen LogP contribution >= 0.6 is 0 Å². The largest absolute Gasteiger partial charge is 0.399 e. The van der Waals surface area contributed by atoms with Crippen molar-refractivity contribution in [3.63, 3.8) is 0 Å². The number of aryl methyl sites for hydroxylation is 1. The Morgan fingerprint density at radius 1 is 1.00 bits per heavy atom. The topological polar surface area (TPSA) is 63.4 Å². The molecule has 2 rings (SSSR count). The molecule has 0 aromatic heterocycles. The lowest BCUT2D eigenvalue weighted by molar-refractivity contribution is 0.594. The molecule has 0 bridgehead atoms. The Balaban J connectivity index is 2.35. The highest BCUT2D eigenvalue weighted by atomic mass is 32.2. The first kappa shape index (κ1) is 14.4. The second-order valence-corrected chi connectivity index (χ2v) is 6.53. The van der Waals surface area contributed by atoms with Gasteiger partial charge in [0.1, 0.15) is 0 Å². The molecule has 2 N–H and O–H groups in total. The summed E-state index contributed by atoms with van der Waals surface area (Å²) in [5.41, 5.74) is 7.93. The van der Waals surface area contributed by atoms with Gasteiger partial charge in [-0.2, -0.15) is 0 Å². The highest BCUT2D eigenvalue weighted by Gasteiger charge is 2.20. The van der Waals surface area contributed by atoms with Gasteiger partial charge < -0.3 is 5.73 Å². The molecule has 0 aliphatic carbocycles. The van der Waals surface area contributed by atoms with Crippen molar-refractivity contribution in [3.05, 3.63) is 54.1 Å². The highest BCUT2D eigenvalue weighted by Crippen LogP contribution is 2.23. The molecule has 0 saturated carbocycles. The van der Waals surface area contributed by atoms with Gasteiger partial charge in [0.15, 0.2) is 0 Å². The number of sulfonamides is 1. The van der Waals surface area contributed by atoms with E-state index in [-0.39, 0.29) is 4.90 Å². The summed E-state index contributed by atoms with van der Waals surface area (Å²) < 4.78 is 26.2. The summed E-state index contributed by atoms with van der Waals surface area (Å²) in [4.78, 5) is 0.230. The lowest BCUT2D eigenvalue weighted by atomic mass is 10.1. The van der Waals surface area contributed by atoms with Crippen LogP contribution in [0.5, 0.6) is 0 Å². The van der Waals surface area contributed by atoms with Crippen LogP contribution in [0.15, 0.2) is 53.4 Å². The van der Waals surface area contributed by atoms with E-state index in [0.717, 1.165) is 6.42 Å². The molecule has 0 fully saturated rings. The van der Waals surface area contributed by atoms with Gasteiger partial charge in [0.2, 0.25) is 0 Å². The number of rotatable bonds is 4. The molecule has 5 heteroatoms. The van der Waals surface area contributed by atoms with E-state index in [1.807, 2.05) is 24.3 Å². The molecule has 0 spiro atoms. The van der Waals surface area contributed by atoms with Gasteiger partial charge in [0, 0.05) is 12.7 Å². The van der Waals surface area contributed by atoms with E-state index in [1.54, 1.807) is 19.2 Å². The van der Waals surface area contributed by atoms with E-state index in [4.69, 9.17) is 5.73 Å². The smallest absolute Gasteiger partial charge is 0.264 e. The Bertz CT molecular complexity index is 677. The van der Waals surface area contributed by atoms with Crippen molar-refractivity contribution >= 4 is 21.4 Å². The monoisotopic (exact) mass is 290 g/mol. The molecule has 106 valence electrons. The van der Waals surface area contributed by atoms with Crippen LogP contribution < -0.4 is 10.0 Å². The van der Waals surface area contributed by atoms with Crippen LogP contribution in [-0.4, -0.2) is 15.5 Å². The van der Waals surface area contributed by atoms with Gasteiger partial charge in [-0.3, -0.25) is 4.31 Å². The maximum absolute atomic E-state index is 12.5. The molecular weight excluding hydrogens is 272 g/mol. The third-order valence-corrected chi connectivity index (χ3v) is 5.05. The van der Waals surface area contributed by atoms with E-state index < -0.39 is 10.0 Å². The zero-order chi connectivity index (χ0) is 14.8. The van der Waals surface area contributed by atoms with Crippen molar-refractivity contribution in [1.29, 1.82) is 0 Å². The first-order valence-corrected chi connectivity index (χ1v) is 7.82. The lowest BCUT2D eigenvalue weighted by Gasteiger charge is -2.19. The minimum absolute atomic E-state index is 0.230. The summed E-state index contributed by atoms with van der Waals surface area (Å²) in [5.74, 6) is 0. The fourth-order valence-corrected chi connectivity index (χ4v) is 3.07. The minimum atomic E-state index is -3.55.